The number of aromatic nitrogens is 3. The van der Waals surface area contributed by atoms with Crippen molar-refractivity contribution < 1.29 is 0 Å². The van der Waals surface area contributed by atoms with Crippen LogP contribution in [-0.2, 0) is 0 Å². The standard InChI is InChI=1S/C9H14N4.ClH/c1-2-8-6-9(5-7(1)11-8)13-4-3-10-12-13;/h3-4,7-9,11H,1-2,5-6H2;1H. The summed E-state index contributed by atoms with van der Waals surface area (Å²) in [6.45, 7) is 0. The van der Waals surface area contributed by atoms with Crippen LogP contribution < -0.4 is 5.32 Å². The van der Waals surface area contributed by atoms with Crippen molar-refractivity contribution in [1.29, 1.82) is 0 Å². The molecule has 0 saturated carbocycles. The van der Waals surface area contributed by atoms with E-state index in [2.05, 4.69) is 15.6 Å². The first-order valence-electron chi connectivity index (χ1n) is 5.03. The monoisotopic (exact) mass is 214 g/mol. The highest BCUT2D eigenvalue weighted by Gasteiger charge is 2.34. The van der Waals surface area contributed by atoms with Gasteiger partial charge in [-0.25, -0.2) is 4.68 Å². The summed E-state index contributed by atoms with van der Waals surface area (Å²) in [6.07, 6.45) is 8.88. The number of nitrogens with one attached hydrogen (secondary N) is 1. The van der Waals surface area contributed by atoms with Crippen LogP contribution in [0, 0.1) is 0 Å². The van der Waals surface area contributed by atoms with E-state index in [1.165, 1.54) is 25.7 Å². The van der Waals surface area contributed by atoms with Crippen LogP contribution in [0.15, 0.2) is 12.4 Å². The van der Waals surface area contributed by atoms with E-state index in [-0.39, 0.29) is 12.4 Å². The minimum Gasteiger partial charge on any atom is -0.311 e. The Hall–Kier alpha value is -0.610. The molecule has 0 aliphatic carbocycles. The van der Waals surface area contributed by atoms with Crippen LogP contribution in [0.2, 0.25) is 0 Å². The molecule has 1 aromatic rings. The topological polar surface area (TPSA) is 42.7 Å². The quantitative estimate of drug-likeness (QED) is 0.763. The van der Waals surface area contributed by atoms with Gasteiger partial charge in [0.1, 0.15) is 0 Å². The number of piperidine rings is 1. The summed E-state index contributed by atoms with van der Waals surface area (Å²) in [6, 6.07) is 2.04. The van der Waals surface area contributed by atoms with Crippen molar-refractivity contribution in [2.24, 2.45) is 0 Å². The summed E-state index contributed by atoms with van der Waals surface area (Å²) < 4.78 is 2.02. The number of hydrogen-bond donors (Lipinski definition) is 1. The predicted octanol–water partition coefficient (Wildman–Crippen LogP) is 1.16. The van der Waals surface area contributed by atoms with Gasteiger partial charge in [-0.2, -0.15) is 0 Å². The number of hydrogen-bond acceptors (Lipinski definition) is 3. The molecule has 4 nitrogen and oxygen atoms in total. The normalized spacial score (nSPS) is 35.3. The van der Waals surface area contributed by atoms with Crippen molar-refractivity contribution in [3.63, 3.8) is 0 Å². The maximum Gasteiger partial charge on any atom is 0.0693 e. The van der Waals surface area contributed by atoms with Crippen molar-refractivity contribution in [1.82, 2.24) is 20.3 Å². The first-order chi connectivity index (χ1) is 6.42. The van der Waals surface area contributed by atoms with E-state index in [9.17, 15) is 0 Å². The second kappa shape index (κ2) is 3.87. The van der Waals surface area contributed by atoms with Gasteiger partial charge in [-0.1, -0.05) is 5.21 Å². The van der Waals surface area contributed by atoms with Gasteiger partial charge in [0.15, 0.2) is 0 Å². The molecule has 78 valence electrons. The Labute approximate surface area is 89.5 Å². The van der Waals surface area contributed by atoms with Gasteiger partial charge in [0, 0.05) is 18.3 Å². The third-order valence-corrected chi connectivity index (χ3v) is 3.26. The van der Waals surface area contributed by atoms with Gasteiger partial charge < -0.3 is 5.32 Å². The van der Waals surface area contributed by atoms with Crippen LogP contribution in [0.25, 0.3) is 0 Å². The maximum atomic E-state index is 4.08. The van der Waals surface area contributed by atoms with Crippen molar-refractivity contribution >= 4 is 12.4 Å². The van der Waals surface area contributed by atoms with Crippen molar-refractivity contribution in [3.05, 3.63) is 12.4 Å². The van der Waals surface area contributed by atoms with E-state index in [1.54, 1.807) is 6.20 Å². The zero-order valence-electron chi connectivity index (χ0n) is 7.97. The van der Waals surface area contributed by atoms with Gasteiger partial charge in [-0.15, -0.1) is 17.5 Å². The first-order valence-corrected chi connectivity index (χ1v) is 5.03. The van der Waals surface area contributed by atoms with Crippen LogP contribution in [0.4, 0.5) is 0 Å². The molecule has 0 amide bonds. The Balaban J connectivity index is 0.000000750. The van der Waals surface area contributed by atoms with Gasteiger partial charge in [0.25, 0.3) is 0 Å². The molecule has 5 heteroatoms. The molecule has 1 aromatic heterocycles. The minimum absolute atomic E-state index is 0. The summed E-state index contributed by atoms with van der Waals surface area (Å²) in [4.78, 5) is 0. The molecule has 1 N–H and O–H groups in total. The highest BCUT2D eigenvalue weighted by molar-refractivity contribution is 5.85. The van der Waals surface area contributed by atoms with Crippen LogP contribution >= 0.6 is 12.4 Å². The molecule has 2 bridgehead atoms. The Morgan fingerprint density at radius 1 is 1.21 bits per heavy atom. The van der Waals surface area contributed by atoms with E-state index in [0.717, 1.165) is 12.1 Å². The third-order valence-electron chi connectivity index (χ3n) is 3.26. The number of nitrogens with zero attached hydrogens (tertiary/aromatic N) is 3. The van der Waals surface area contributed by atoms with E-state index in [0.29, 0.717) is 6.04 Å². The molecule has 3 rings (SSSR count). The molecule has 2 aliphatic heterocycles. The summed E-state index contributed by atoms with van der Waals surface area (Å²) in [5.74, 6) is 0. The highest BCUT2D eigenvalue weighted by atomic mass is 35.5. The minimum atomic E-state index is 0. The fourth-order valence-electron chi connectivity index (χ4n) is 2.66. The molecule has 0 radical (unpaired) electrons. The lowest BCUT2D eigenvalue weighted by molar-refractivity contribution is 0.278. The summed E-state index contributed by atoms with van der Waals surface area (Å²) in [5, 5.41) is 11.6. The largest absolute Gasteiger partial charge is 0.311 e. The highest BCUT2D eigenvalue weighted by Crippen LogP contribution is 2.33. The number of halogens is 1. The fourth-order valence-corrected chi connectivity index (χ4v) is 2.66. The summed E-state index contributed by atoms with van der Waals surface area (Å²) >= 11 is 0. The zero-order valence-corrected chi connectivity index (χ0v) is 8.78. The second-order valence-corrected chi connectivity index (χ2v) is 4.15. The third kappa shape index (κ3) is 1.64. The average Bonchev–Trinajstić information content (AvgIpc) is 2.75. The Morgan fingerprint density at radius 3 is 2.50 bits per heavy atom. The molecule has 2 aliphatic rings. The molecule has 2 fully saturated rings. The fraction of sp³-hybridized carbons (Fsp3) is 0.778. The van der Waals surface area contributed by atoms with Crippen LogP contribution in [0.1, 0.15) is 31.7 Å². The molecular weight excluding hydrogens is 200 g/mol. The van der Waals surface area contributed by atoms with Gasteiger partial charge in [-0.3, -0.25) is 0 Å². The molecular formula is C9H15ClN4. The number of fused-ring (bicyclic) bond motifs is 2. The molecule has 14 heavy (non-hydrogen) atoms. The number of rotatable bonds is 1. The molecule has 0 spiro atoms. The Bertz CT molecular complexity index is 275. The van der Waals surface area contributed by atoms with Crippen LogP contribution in [0.5, 0.6) is 0 Å². The van der Waals surface area contributed by atoms with E-state index in [4.69, 9.17) is 0 Å². The van der Waals surface area contributed by atoms with Gasteiger partial charge in [0.2, 0.25) is 0 Å². The van der Waals surface area contributed by atoms with Crippen LogP contribution in [0.3, 0.4) is 0 Å². The first kappa shape index (κ1) is 9.93. The molecule has 2 unspecified atom stereocenters. The lowest BCUT2D eigenvalue weighted by atomic mass is 10.0. The SMILES string of the molecule is Cl.c1cn(C2CC3CCC(C2)N3)nn1. The molecule has 3 heterocycles. The predicted molar refractivity (Wildman–Crippen MR) is 55.5 cm³/mol. The Kier molecular flexibility index (Phi) is 2.74. The van der Waals surface area contributed by atoms with E-state index >= 15 is 0 Å². The lowest BCUT2D eigenvalue weighted by Gasteiger charge is -2.28. The maximum absolute atomic E-state index is 4.08. The second-order valence-electron chi connectivity index (χ2n) is 4.15. The lowest BCUT2D eigenvalue weighted by Crippen LogP contribution is -2.39. The van der Waals surface area contributed by atoms with Crippen molar-refractivity contribution in [2.75, 3.05) is 0 Å². The summed E-state index contributed by atoms with van der Waals surface area (Å²) in [7, 11) is 0. The smallest absolute Gasteiger partial charge is 0.0693 e. The van der Waals surface area contributed by atoms with E-state index in [1.807, 2.05) is 10.9 Å². The van der Waals surface area contributed by atoms with Crippen molar-refractivity contribution in [2.45, 2.75) is 43.8 Å². The molecule has 0 aromatic carbocycles. The van der Waals surface area contributed by atoms with Gasteiger partial charge >= 0.3 is 0 Å². The average molecular weight is 215 g/mol. The van der Waals surface area contributed by atoms with E-state index < -0.39 is 0 Å². The van der Waals surface area contributed by atoms with Crippen LogP contribution in [-0.4, -0.2) is 27.1 Å². The van der Waals surface area contributed by atoms with Gasteiger partial charge in [0.05, 0.1) is 12.2 Å². The Morgan fingerprint density at radius 2 is 1.93 bits per heavy atom. The zero-order chi connectivity index (χ0) is 8.67. The molecule has 2 saturated heterocycles. The molecule has 2 atom stereocenters. The van der Waals surface area contributed by atoms with Crippen molar-refractivity contribution in [3.8, 4) is 0 Å². The summed E-state index contributed by atoms with van der Waals surface area (Å²) in [5.41, 5.74) is 0. The van der Waals surface area contributed by atoms with Gasteiger partial charge in [-0.05, 0) is 25.7 Å².